The number of phenolic OH excluding ortho intramolecular Hbond substituents is 1. The van der Waals surface area contributed by atoms with Crippen molar-refractivity contribution in [2.75, 3.05) is 0 Å². The summed E-state index contributed by atoms with van der Waals surface area (Å²) in [7, 11) is 0. The number of phenols is 1. The van der Waals surface area contributed by atoms with Crippen LogP contribution in [0.5, 0.6) is 5.75 Å². The standard InChI is InChI=1S/C21H23N3O4/c1-4-24-18-17(19(27)23-20(24)28)15(11-5-7-12(25)8-6-11)16-13(22-18)9-21(2,3)10-14(16)26/h5-8,15-16,25H,4,9-10H2,1-3H3,(H,23,27,28). The third kappa shape index (κ3) is 2.82. The number of H-pyrrole nitrogens is 1. The highest BCUT2D eigenvalue weighted by Crippen LogP contribution is 2.47. The number of carbonyl (C=O) groups excluding carboxylic acids is 1. The van der Waals surface area contributed by atoms with Gasteiger partial charge in [0.1, 0.15) is 17.4 Å². The van der Waals surface area contributed by atoms with Crippen LogP contribution in [-0.4, -0.2) is 26.2 Å². The van der Waals surface area contributed by atoms with Crippen LogP contribution in [-0.2, 0) is 11.3 Å². The van der Waals surface area contributed by atoms with Gasteiger partial charge in [0.05, 0.1) is 11.5 Å². The second kappa shape index (κ2) is 6.29. The van der Waals surface area contributed by atoms with Gasteiger partial charge in [-0.05, 0) is 36.5 Å². The number of aromatic amines is 1. The van der Waals surface area contributed by atoms with Crippen LogP contribution in [0.15, 0.2) is 38.8 Å². The monoisotopic (exact) mass is 381 g/mol. The molecule has 0 spiro atoms. The molecule has 1 aromatic carbocycles. The average Bonchev–Trinajstić information content (AvgIpc) is 2.60. The van der Waals surface area contributed by atoms with Gasteiger partial charge in [0, 0.05) is 24.6 Å². The molecule has 1 aliphatic carbocycles. The molecule has 7 heteroatoms. The summed E-state index contributed by atoms with van der Waals surface area (Å²) in [4.78, 5) is 45.3. The van der Waals surface area contributed by atoms with Crippen molar-refractivity contribution in [3.8, 4) is 5.75 Å². The van der Waals surface area contributed by atoms with Gasteiger partial charge < -0.3 is 5.11 Å². The molecule has 2 unspecified atom stereocenters. The van der Waals surface area contributed by atoms with Crippen molar-refractivity contribution >= 4 is 17.3 Å². The number of fused-ring (bicyclic) bond motifs is 2. The number of hydrogen-bond acceptors (Lipinski definition) is 5. The molecule has 0 bridgehead atoms. The number of nitrogens with one attached hydrogen (secondary N) is 1. The number of aliphatic imine (C=N–C) groups is 1. The highest BCUT2D eigenvalue weighted by Gasteiger charge is 2.47. The normalized spacial score (nSPS) is 23.0. The summed E-state index contributed by atoms with van der Waals surface area (Å²) < 4.78 is 1.44. The first-order valence-electron chi connectivity index (χ1n) is 9.48. The molecule has 0 saturated heterocycles. The number of rotatable bonds is 2. The lowest BCUT2D eigenvalue weighted by atomic mass is 9.64. The van der Waals surface area contributed by atoms with E-state index in [2.05, 4.69) is 9.98 Å². The molecular formula is C21H23N3O4. The summed E-state index contributed by atoms with van der Waals surface area (Å²) in [6.45, 7) is 6.23. The van der Waals surface area contributed by atoms with Crippen molar-refractivity contribution in [1.29, 1.82) is 0 Å². The molecule has 7 nitrogen and oxygen atoms in total. The maximum Gasteiger partial charge on any atom is 0.329 e. The number of benzene rings is 1. The second-order valence-electron chi connectivity index (χ2n) is 8.37. The van der Waals surface area contributed by atoms with Crippen LogP contribution < -0.4 is 11.2 Å². The zero-order valence-corrected chi connectivity index (χ0v) is 16.2. The number of hydrogen-bond donors (Lipinski definition) is 2. The van der Waals surface area contributed by atoms with Crippen molar-refractivity contribution in [3.63, 3.8) is 0 Å². The summed E-state index contributed by atoms with van der Waals surface area (Å²) in [6, 6.07) is 6.53. The molecule has 1 aromatic heterocycles. The lowest BCUT2D eigenvalue weighted by Crippen LogP contribution is -2.45. The van der Waals surface area contributed by atoms with Crippen molar-refractivity contribution in [2.45, 2.75) is 46.1 Å². The topological polar surface area (TPSA) is 105 Å². The molecule has 2 N–H and O–H groups in total. The van der Waals surface area contributed by atoms with Crippen molar-refractivity contribution in [2.24, 2.45) is 16.3 Å². The predicted molar refractivity (Wildman–Crippen MR) is 106 cm³/mol. The molecule has 28 heavy (non-hydrogen) atoms. The Labute approximate surface area is 161 Å². The third-order valence-corrected chi connectivity index (χ3v) is 5.69. The Hall–Kier alpha value is -2.96. The van der Waals surface area contributed by atoms with Crippen LogP contribution in [0, 0.1) is 11.3 Å². The maximum atomic E-state index is 13.1. The van der Waals surface area contributed by atoms with Gasteiger partial charge in [0.15, 0.2) is 0 Å². The van der Waals surface area contributed by atoms with E-state index in [1.807, 2.05) is 20.8 Å². The summed E-state index contributed by atoms with van der Waals surface area (Å²) in [5, 5.41) is 9.67. The average molecular weight is 381 g/mol. The lowest BCUT2D eigenvalue weighted by Gasteiger charge is -2.40. The Morgan fingerprint density at radius 2 is 1.82 bits per heavy atom. The van der Waals surface area contributed by atoms with Crippen molar-refractivity contribution in [3.05, 3.63) is 56.2 Å². The van der Waals surface area contributed by atoms with Gasteiger partial charge in [0.25, 0.3) is 5.56 Å². The van der Waals surface area contributed by atoms with E-state index < -0.39 is 23.1 Å². The lowest BCUT2D eigenvalue weighted by molar-refractivity contribution is -0.124. The van der Waals surface area contributed by atoms with E-state index in [1.165, 1.54) is 4.57 Å². The quantitative estimate of drug-likeness (QED) is 0.834. The van der Waals surface area contributed by atoms with Gasteiger partial charge in [-0.1, -0.05) is 26.0 Å². The molecule has 0 amide bonds. The van der Waals surface area contributed by atoms with E-state index in [0.717, 1.165) is 11.3 Å². The van der Waals surface area contributed by atoms with E-state index in [4.69, 9.17) is 0 Å². The molecular weight excluding hydrogens is 358 g/mol. The second-order valence-corrected chi connectivity index (χ2v) is 8.37. The molecule has 2 aromatic rings. The smallest absolute Gasteiger partial charge is 0.329 e. The van der Waals surface area contributed by atoms with Crippen LogP contribution in [0.4, 0.5) is 5.82 Å². The Morgan fingerprint density at radius 3 is 2.46 bits per heavy atom. The summed E-state index contributed by atoms with van der Waals surface area (Å²) in [6.07, 6.45) is 1.04. The summed E-state index contributed by atoms with van der Waals surface area (Å²) in [5.41, 5.74) is 0.578. The fourth-order valence-corrected chi connectivity index (χ4v) is 4.53. The molecule has 1 fully saturated rings. The van der Waals surface area contributed by atoms with Crippen molar-refractivity contribution < 1.29 is 9.90 Å². The molecule has 4 rings (SSSR count). The minimum Gasteiger partial charge on any atom is -0.508 e. The number of ketones is 1. The third-order valence-electron chi connectivity index (χ3n) is 5.69. The minimum absolute atomic E-state index is 0.0485. The van der Waals surface area contributed by atoms with Gasteiger partial charge in [-0.3, -0.25) is 19.1 Å². The first-order valence-corrected chi connectivity index (χ1v) is 9.48. The molecule has 1 saturated carbocycles. The maximum absolute atomic E-state index is 13.1. The van der Waals surface area contributed by atoms with E-state index in [1.54, 1.807) is 24.3 Å². The number of aromatic nitrogens is 2. The Bertz CT molecular complexity index is 1110. The highest BCUT2D eigenvalue weighted by atomic mass is 16.3. The van der Waals surface area contributed by atoms with E-state index in [0.29, 0.717) is 30.8 Å². The van der Waals surface area contributed by atoms with Crippen LogP contribution >= 0.6 is 0 Å². The zero-order chi connectivity index (χ0) is 20.2. The van der Waals surface area contributed by atoms with Crippen molar-refractivity contribution in [1.82, 2.24) is 9.55 Å². The first kappa shape index (κ1) is 18.4. The Kier molecular flexibility index (Phi) is 4.14. The van der Waals surface area contributed by atoms with Crippen LogP contribution in [0.25, 0.3) is 0 Å². The highest BCUT2D eigenvalue weighted by molar-refractivity contribution is 6.11. The van der Waals surface area contributed by atoms with Gasteiger partial charge in [0.2, 0.25) is 0 Å². The van der Waals surface area contributed by atoms with E-state index in [9.17, 15) is 19.5 Å². The molecule has 2 heterocycles. The van der Waals surface area contributed by atoms with Gasteiger partial charge >= 0.3 is 5.69 Å². The van der Waals surface area contributed by atoms with E-state index >= 15 is 0 Å². The fourth-order valence-electron chi connectivity index (χ4n) is 4.53. The number of Topliss-reactive ketones (excluding diaryl/α,β-unsaturated/α-hetero) is 1. The Balaban J connectivity index is 2.04. The van der Waals surface area contributed by atoms with Gasteiger partial charge in [-0.25, -0.2) is 9.79 Å². The van der Waals surface area contributed by atoms with Crippen LogP contribution in [0.2, 0.25) is 0 Å². The number of nitrogens with zero attached hydrogens (tertiary/aromatic N) is 2. The Morgan fingerprint density at radius 1 is 1.14 bits per heavy atom. The van der Waals surface area contributed by atoms with E-state index in [-0.39, 0.29) is 16.9 Å². The molecule has 0 radical (unpaired) electrons. The fraction of sp³-hybridized carbons (Fsp3) is 0.429. The first-order chi connectivity index (χ1) is 13.2. The summed E-state index contributed by atoms with van der Waals surface area (Å²) in [5.74, 6) is -0.571. The van der Waals surface area contributed by atoms with Gasteiger partial charge in [-0.15, -0.1) is 0 Å². The number of aromatic hydroxyl groups is 1. The SMILES string of the molecule is CCn1c2c(c(=O)[nH]c1=O)C(c1ccc(O)cc1)C1C(=O)CC(C)(C)CC1=N2. The van der Waals surface area contributed by atoms with Crippen LogP contribution in [0.3, 0.4) is 0 Å². The van der Waals surface area contributed by atoms with Crippen LogP contribution in [0.1, 0.15) is 50.7 Å². The molecule has 146 valence electrons. The largest absolute Gasteiger partial charge is 0.508 e. The molecule has 2 atom stereocenters. The minimum atomic E-state index is -0.533. The predicted octanol–water partition coefficient (Wildman–Crippen LogP) is 2.49. The molecule has 2 aliphatic rings. The molecule has 1 aliphatic heterocycles. The number of carbonyl (C=O) groups is 1. The van der Waals surface area contributed by atoms with Gasteiger partial charge in [-0.2, -0.15) is 0 Å². The summed E-state index contributed by atoms with van der Waals surface area (Å²) >= 11 is 0. The zero-order valence-electron chi connectivity index (χ0n) is 16.2.